The van der Waals surface area contributed by atoms with E-state index in [2.05, 4.69) is 0 Å². The van der Waals surface area contributed by atoms with Crippen LogP contribution in [0.3, 0.4) is 0 Å². The molecule has 0 atom stereocenters. The van der Waals surface area contributed by atoms with Crippen LogP contribution >= 0.6 is 0 Å². The average molecular weight is 384 g/mol. The van der Waals surface area contributed by atoms with E-state index in [0.717, 1.165) is 5.41 Å². The summed E-state index contributed by atoms with van der Waals surface area (Å²) in [6, 6.07) is 23.8. The topological polar surface area (TPSA) is 68.3 Å². The third-order valence-corrected chi connectivity index (χ3v) is 7.19. The summed E-state index contributed by atoms with van der Waals surface area (Å²) in [4.78, 5) is -0.178. The summed E-state index contributed by atoms with van der Waals surface area (Å²) in [7, 11) is -7.95. The van der Waals surface area contributed by atoms with Gasteiger partial charge in [0, 0.05) is 0 Å². The first-order valence-corrected chi connectivity index (χ1v) is 10.8. The van der Waals surface area contributed by atoms with E-state index in [1.54, 1.807) is 66.7 Å². The summed E-state index contributed by atoms with van der Waals surface area (Å²) < 4.78 is 51.7. The standard InChI is InChI=1S/C20H16O4S2/c21-25(22,18-12-6-2-7-13-18)16-20(17-10-4-1-5-11-17)26(23,24)19-14-8-3-9-15-19/h1-16H/b20-16+. The number of benzene rings is 3. The highest BCUT2D eigenvalue weighted by Gasteiger charge is 2.25. The fourth-order valence-electron chi connectivity index (χ4n) is 2.43. The van der Waals surface area contributed by atoms with Crippen molar-refractivity contribution in [3.63, 3.8) is 0 Å². The molecule has 3 rings (SSSR count). The predicted octanol–water partition coefficient (Wildman–Crippen LogP) is 3.93. The third-order valence-electron chi connectivity index (χ3n) is 3.74. The largest absolute Gasteiger partial charge is 0.219 e. The molecule has 0 aliphatic rings. The second-order valence-electron chi connectivity index (χ2n) is 5.52. The van der Waals surface area contributed by atoms with E-state index < -0.39 is 19.7 Å². The normalized spacial score (nSPS) is 12.7. The maximum absolute atomic E-state index is 13.1. The van der Waals surface area contributed by atoms with Crippen LogP contribution in [0.1, 0.15) is 5.56 Å². The molecule has 0 heterocycles. The molecule has 132 valence electrons. The molecule has 3 aromatic rings. The number of hydrogen-bond donors (Lipinski definition) is 0. The summed E-state index contributed by atoms with van der Waals surface area (Å²) in [6.45, 7) is 0. The van der Waals surface area contributed by atoms with Gasteiger partial charge in [0.1, 0.15) is 0 Å². The lowest BCUT2D eigenvalue weighted by Gasteiger charge is -2.10. The average Bonchev–Trinajstić information content (AvgIpc) is 2.68. The first kappa shape index (κ1) is 18.1. The Morgan fingerprint density at radius 1 is 0.577 bits per heavy atom. The molecule has 0 amide bonds. The zero-order valence-corrected chi connectivity index (χ0v) is 15.3. The Morgan fingerprint density at radius 2 is 1.00 bits per heavy atom. The minimum absolute atomic E-state index is 0.0386. The molecule has 6 heteroatoms. The fraction of sp³-hybridized carbons (Fsp3) is 0. The molecule has 0 aliphatic carbocycles. The molecule has 0 saturated carbocycles. The number of sulfone groups is 2. The van der Waals surface area contributed by atoms with Crippen LogP contribution in [0.25, 0.3) is 4.91 Å². The summed E-state index contributed by atoms with van der Waals surface area (Å²) in [5, 5.41) is 0.833. The van der Waals surface area contributed by atoms with Crippen LogP contribution in [0.15, 0.2) is 106 Å². The van der Waals surface area contributed by atoms with Crippen LogP contribution in [0.2, 0.25) is 0 Å². The molecular weight excluding hydrogens is 368 g/mol. The molecular formula is C20H16O4S2. The fourth-order valence-corrected chi connectivity index (χ4v) is 5.63. The van der Waals surface area contributed by atoms with Crippen LogP contribution in [-0.4, -0.2) is 16.8 Å². The monoisotopic (exact) mass is 384 g/mol. The molecule has 3 aromatic carbocycles. The highest BCUT2D eigenvalue weighted by atomic mass is 32.2. The van der Waals surface area contributed by atoms with Gasteiger partial charge in [-0.3, -0.25) is 0 Å². The molecule has 0 fully saturated rings. The Morgan fingerprint density at radius 3 is 1.50 bits per heavy atom. The van der Waals surface area contributed by atoms with Crippen LogP contribution < -0.4 is 0 Å². The Labute approximate surface area is 153 Å². The molecule has 0 aliphatic heterocycles. The van der Waals surface area contributed by atoms with Crippen molar-refractivity contribution < 1.29 is 16.8 Å². The van der Waals surface area contributed by atoms with Gasteiger partial charge in [-0.2, -0.15) is 0 Å². The molecule has 0 saturated heterocycles. The van der Waals surface area contributed by atoms with E-state index in [0.29, 0.717) is 5.56 Å². The van der Waals surface area contributed by atoms with Gasteiger partial charge < -0.3 is 0 Å². The molecule has 0 aromatic heterocycles. The second-order valence-corrected chi connectivity index (χ2v) is 9.24. The van der Waals surface area contributed by atoms with Gasteiger partial charge in [0.25, 0.3) is 0 Å². The highest BCUT2D eigenvalue weighted by Crippen LogP contribution is 2.30. The van der Waals surface area contributed by atoms with Crippen LogP contribution in [0, 0.1) is 0 Å². The molecule has 0 spiro atoms. The zero-order valence-electron chi connectivity index (χ0n) is 13.7. The lowest BCUT2D eigenvalue weighted by atomic mass is 10.2. The van der Waals surface area contributed by atoms with Crippen molar-refractivity contribution in [2.45, 2.75) is 9.79 Å². The van der Waals surface area contributed by atoms with E-state index in [4.69, 9.17) is 0 Å². The zero-order chi connectivity index (χ0) is 18.6. The third kappa shape index (κ3) is 3.76. The highest BCUT2D eigenvalue weighted by molar-refractivity contribution is 8.02. The van der Waals surface area contributed by atoms with Crippen molar-refractivity contribution in [3.05, 3.63) is 102 Å². The molecule has 26 heavy (non-hydrogen) atoms. The van der Waals surface area contributed by atoms with Gasteiger partial charge in [-0.15, -0.1) is 0 Å². The van der Waals surface area contributed by atoms with Gasteiger partial charge in [0.15, 0.2) is 0 Å². The van der Waals surface area contributed by atoms with Crippen molar-refractivity contribution in [2.24, 2.45) is 0 Å². The molecule has 0 radical (unpaired) electrons. The molecule has 0 N–H and O–H groups in total. The van der Waals surface area contributed by atoms with Crippen molar-refractivity contribution in [2.75, 3.05) is 0 Å². The first-order valence-electron chi connectivity index (χ1n) is 7.79. The van der Waals surface area contributed by atoms with E-state index in [1.807, 2.05) is 0 Å². The number of rotatable bonds is 5. The van der Waals surface area contributed by atoms with Gasteiger partial charge in [0.2, 0.25) is 19.7 Å². The van der Waals surface area contributed by atoms with E-state index in [9.17, 15) is 16.8 Å². The quantitative estimate of drug-likeness (QED) is 0.668. The lowest BCUT2D eigenvalue weighted by Crippen LogP contribution is -2.07. The van der Waals surface area contributed by atoms with Crippen LogP contribution in [0.4, 0.5) is 0 Å². The van der Waals surface area contributed by atoms with Crippen molar-refractivity contribution in [1.82, 2.24) is 0 Å². The number of hydrogen-bond acceptors (Lipinski definition) is 4. The van der Waals surface area contributed by atoms with E-state index in [1.165, 1.54) is 24.3 Å². The van der Waals surface area contributed by atoms with E-state index >= 15 is 0 Å². The smallest absolute Gasteiger partial charge is 0.207 e. The van der Waals surface area contributed by atoms with Crippen molar-refractivity contribution in [1.29, 1.82) is 0 Å². The lowest BCUT2D eigenvalue weighted by molar-refractivity contribution is 0.601. The first-order chi connectivity index (χ1) is 12.4. The van der Waals surface area contributed by atoms with Crippen molar-refractivity contribution in [3.8, 4) is 0 Å². The van der Waals surface area contributed by atoms with Crippen molar-refractivity contribution >= 4 is 24.6 Å². The Bertz CT molecular complexity index is 1120. The summed E-state index contributed by atoms with van der Waals surface area (Å²) in [5.74, 6) is 0. The second kappa shape index (κ2) is 7.27. The van der Waals surface area contributed by atoms with E-state index in [-0.39, 0.29) is 14.7 Å². The maximum atomic E-state index is 13.1. The van der Waals surface area contributed by atoms with Gasteiger partial charge in [-0.25, -0.2) is 16.8 Å². The van der Waals surface area contributed by atoms with Gasteiger partial charge in [-0.05, 0) is 29.8 Å². The summed E-state index contributed by atoms with van der Waals surface area (Å²) in [6.07, 6.45) is 0. The minimum Gasteiger partial charge on any atom is -0.219 e. The van der Waals surface area contributed by atoms with Crippen LogP contribution in [-0.2, 0) is 19.7 Å². The van der Waals surface area contributed by atoms with Gasteiger partial charge >= 0.3 is 0 Å². The minimum atomic E-state index is -4.01. The maximum Gasteiger partial charge on any atom is 0.207 e. The Hall–Kier alpha value is -2.70. The Kier molecular flexibility index (Phi) is 5.06. The summed E-state index contributed by atoms with van der Waals surface area (Å²) >= 11 is 0. The summed E-state index contributed by atoms with van der Waals surface area (Å²) in [5.41, 5.74) is 0.316. The van der Waals surface area contributed by atoms with Gasteiger partial charge in [-0.1, -0.05) is 66.7 Å². The van der Waals surface area contributed by atoms with Gasteiger partial charge in [0.05, 0.1) is 20.1 Å². The SMILES string of the molecule is O=S(=O)(/C=C(\c1ccccc1)S(=O)(=O)c1ccccc1)c1ccccc1. The molecule has 0 bridgehead atoms. The molecule has 4 nitrogen and oxygen atoms in total. The predicted molar refractivity (Wildman–Crippen MR) is 102 cm³/mol. The van der Waals surface area contributed by atoms with Crippen LogP contribution in [0.5, 0.6) is 0 Å². The Balaban J connectivity index is 2.24. The molecule has 0 unspecified atom stereocenters.